The van der Waals surface area contributed by atoms with Crippen LogP contribution >= 0.6 is 0 Å². The van der Waals surface area contributed by atoms with Crippen molar-refractivity contribution in [2.75, 3.05) is 5.32 Å². The number of aromatic nitrogens is 1. The quantitative estimate of drug-likeness (QED) is 0.844. The molecule has 0 atom stereocenters. The van der Waals surface area contributed by atoms with Gasteiger partial charge in [0, 0.05) is 24.6 Å². The van der Waals surface area contributed by atoms with Gasteiger partial charge in [-0.25, -0.2) is 0 Å². The van der Waals surface area contributed by atoms with Crippen molar-refractivity contribution in [3.63, 3.8) is 0 Å². The Hall–Kier alpha value is -1.83. The summed E-state index contributed by atoms with van der Waals surface area (Å²) in [5, 5.41) is 3.39. The molecule has 0 spiro atoms. The van der Waals surface area contributed by atoms with Gasteiger partial charge in [0.25, 0.3) is 0 Å². The summed E-state index contributed by atoms with van der Waals surface area (Å²) < 4.78 is 0. The highest BCUT2D eigenvalue weighted by atomic mass is 14.9. The Labute approximate surface area is 96.4 Å². The molecule has 0 aliphatic carbocycles. The molecule has 1 heterocycles. The van der Waals surface area contributed by atoms with Crippen LogP contribution in [0.4, 0.5) is 5.69 Å². The molecular formula is C14H16N2. The third kappa shape index (κ3) is 2.60. The fraction of sp³-hybridized carbons (Fsp3) is 0.214. The van der Waals surface area contributed by atoms with E-state index in [1.807, 2.05) is 18.5 Å². The molecule has 2 nitrogen and oxygen atoms in total. The summed E-state index contributed by atoms with van der Waals surface area (Å²) in [6.45, 7) is 5.02. The maximum atomic E-state index is 4.13. The van der Waals surface area contributed by atoms with Gasteiger partial charge in [-0.15, -0.1) is 0 Å². The summed E-state index contributed by atoms with van der Waals surface area (Å²) in [7, 11) is 0. The highest BCUT2D eigenvalue weighted by molar-refractivity contribution is 5.45. The average Bonchev–Trinajstić information content (AvgIpc) is 2.30. The second-order valence-electron chi connectivity index (χ2n) is 4.02. The Morgan fingerprint density at radius 2 is 1.81 bits per heavy atom. The van der Waals surface area contributed by atoms with Crippen molar-refractivity contribution in [2.24, 2.45) is 0 Å². The van der Waals surface area contributed by atoms with E-state index in [0.717, 1.165) is 12.2 Å². The minimum absolute atomic E-state index is 0.822. The van der Waals surface area contributed by atoms with Crippen LogP contribution in [0.5, 0.6) is 0 Å². The summed E-state index contributed by atoms with van der Waals surface area (Å²) in [5.74, 6) is 0. The Bertz CT molecular complexity index is 460. The molecular weight excluding hydrogens is 196 g/mol. The molecule has 1 aromatic heterocycles. The molecule has 0 fully saturated rings. The first-order valence-corrected chi connectivity index (χ1v) is 5.46. The van der Waals surface area contributed by atoms with Gasteiger partial charge in [0.05, 0.1) is 0 Å². The van der Waals surface area contributed by atoms with Crippen molar-refractivity contribution >= 4 is 5.69 Å². The molecule has 0 radical (unpaired) electrons. The van der Waals surface area contributed by atoms with Gasteiger partial charge in [-0.1, -0.05) is 17.7 Å². The maximum absolute atomic E-state index is 4.13. The lowest BCUT2D eigenvalue weighted by atomic mass is 10.1. The topological polar surface area (TPSA) is 24.9 Å². The molecule has 82 valence electrons. The van der Waals surface area contributed by atoms with Crippen LogP contribution in [0.1, 0.15) is 16.7 Å². The van der Waals surface area contributed by atoms with Gasteiger partial charge in [0.15, 0.2) is 0 Å². The molecule has 1 N–H and O–H groups in total. The molecule has 0 saturated heterocycles. The zero-order valence-corrected chi connectivity index (χ0v) is 9.70. The summed E-state index contributed by atoms with van der Waals surface area (Å²) in [6, 6.07) is 10.4. The highest BCUT2D eigenvalue weighted by Crippen LogP contribution is 2.11. The monoisotopic (exact) mass is 212 g/mol. The predicted octanol–water partition coefficient (Wildman–Crippen LogP) is 3.31. The summed E-state index contributed by atoms with van der Waals surface area (Å²) in [5.41, 5.74) is 4.94. The van der Waals surface area contributed by atoms with E-state index in [4.69, 9.17) is 0 Å². The molecule has 0 saturated carbocycles. The van der Waals surface area contributed by atoms with Crippen LogP contribution in [-0.4, -0.2) is 4.98 Å². The lowest BCUT2D eigenvalue weighted by molar-refractivity contribution is 1.08. The van der Waals surface area contributed by atoms with Gasteiger partial charge in [0.2, 0.25) is 0 Å². The lowest BCUT2D eigenvalue weighted by Gasteiger charge is -2.08. The van der Waals surface area contributed by atoms with Crippen LogP contribution in [0.3, 0.4) is 0 Å². The largest absolute Gasteiger partial charge is 0.381 e. The molecule has 0 aliphatic heterocycles. The van der Waals surface area contributed by atoms with E-state index in [1.165, 1.54) is 16.7 Å². The first kappa shape index (κ1) is 10.7. The fourth-order valence-electron chi connectivity index (χ4n) is 1.55. The van der Waals surface area contributed by atoms with Crippen LogP contribution in [0.25, 0.3) is 0 Å². The van der Waals surface area contributed by atoms with Crippen LogP contribution in [0.15, 0.2) is 42.7 Å². The Morgan fingerprint density at radius 3 is 2.50 bits per heavy atom. The van der Waals surface area contributed by atoms with Gasteiger partial charge in [0.1, 0.15) is 0 Å². The molecule has 0 amide bonds. The number of anilines is 1. The standard InChI is InChI=1S/C14H16N2/c1-11-3-5-14(6-4-11)16-10-13-9-15-8-7-12(13)2/h3-9,16H,10H2,1-2H3. The van der Waals surface area contributed by atoms with Crippen LogP contribution < -0.4 is 5.32 Å². The van der Waals surface area contributed by atoms with Crippen molar-refractivity contribution in [3.8, 4) is 0 Å². The summed E-state index contributed by atoms with van der Waals surface area (Å²) in [4.78, 5) is 4.13. The first-order chi connectivity index (χ1) is 7.75. The molecule has 2 heteroatoms. The number of nitrogens with zero attached hydrogens (tertiary/aromatic N) is 1. The normalized spacial score (nSPS) is 10.1. The summed E-state index contributed by atoms with van der Waals surface area (Å²) in [6.07, 6.45) is 3.74. The minimum atomic E-state index is 0.822. The van der Waals surface area contributed by atoms with Crippen molar-refractivity contribution in [2.45, 2.75) is 20.4 Å². The Balaban J connectivity index is 2.02. The molecule has 2 aromatic rings. The van der Waals surface area contributed by atoms with Gasteiger partial charge < -0.3 is 5.32 Å². The third-order valence-corrected chi connectivity index (χ3v) is 2.68. The van der Waals surface area contributed by atoms with Crippen LogP contribution in [-0.2, 0) is 6.54 Å². The Morgan fingerprint density at radius 1 is 1.06 bits per heavy atom. The SMILES string of the molecule is Cc1ccc(NCc2cnccc2C)cc1. The van der Waals surface area contributed by atoms with E-state index in [9.17, 15) is 0 Å². The van der Waals surface area contributed by atoms with Crippen LogP contribution in [0, 0.1) is 13.8 Å². The molecule has 16 heavy (non-hydrogen) atoms. The lowest BCUT2D eigenvalue weighted by Crippen LogP contribution is -2.01. The highest BCUT2D eigenvalue weighted by Gasteiger charge is 1.97. The molecule has 1 aromatic carbocycles. The molecule has 2 rings (SSSR count). The number of pyridine rings is 1. The van der Waals surface area contributed by atoms with E-state index in [-0.39, 0.29) is 0 Å². The van der Waals surface area contributed by atoms with Gasteiger partial charge in [-0.3, -0.25) is 4.98 Å². The van der Waals surface area contributed by atoms with Crippen molar-refractivity contribution in [1.29, 1.82) is 0 Å². The van der Waals surface area contributed by atoms with E-state index >= 15 is 0 Å². The fourth-order valence-corrected chi connectivity index (χ4v) is 1.55. The minimum Gasteiger partial charge on any atom is -0.381 e. The number of hydrogen-bond donors (Lipinski definition) is 1. The van der Waals surface area contributed by atoms with E-state index in [1.54, 1.807) is 0 Å². The average molecular weight is 212 g/mol. The van der Waals surface area contributed by atoms with Gasteiger partial charge in [-0.05, 0) is 43.2 Å². The predicted molar refractivity (Wildman–Crippen MR) is 67.5 cm³/mol. The van der Waals surface area contributed by atoms with E-state index in [2.05, 4.69) is 48.4 Å². The number of rotatable bonds is 3. The van der Waals surface area contributed by atoms with Crippen molar-refractivity contribution < 1.29 is 0 Å². The van der Waals surface area contributed by atoms with E-state index < -0.39 is 0 Å². The van der Waals surface area contributed by atoms with Gasteiger partial charge >= 0.3 is 0 Å². The summed E-state index contributed by atoms with van der Waals surface area (Å²) >= 11 is 0. The molecule has 0 bridgehead atoms. The number of benzene rings is 1. The third-order valence-electron chi connectivity index (χ3n) is 2.68. The Kier molecular flexibility index (Phi) is 3.20. The number of nitrogens with one attached hydrogen (secondary N) is 1. The first-order valence-electron chi connectivity index (χ1n) is 5.46. The van der Waals surface area contributed by atoms with Crippen LogP contribution in [0.2, 0.25) is 0 Å². The molecule has 0 aliphatic rings. The smallest absolute Gasteiger partial charge is 0.0418 e. The number of aryl methyl sites for hydroxylation is 2. The number of hydrogen-bond acceptors (Lipinski definition) is 2. The van der Waals surface area contributed by atoms with E-state index in [0.29, 0.717) is 0 Å². The zero-order valence-electron chi connectivity index (χ0n) is 9.70. The maximum Gasteiger partial charge on any atom is 0.0418 e. The van der Waals surface area contributed by atoms with Crippen molar-refractivity contribution in [1.82, 2.24) is 4.98 Å². The van der Waals surface area contributed by atoms with Crippen molar-refractivity contribution in [3.05, 3.63) is 59.4 Å². The van der Waals surface area contributed by atoms with Gasteiger partial charge in [-0.2, -0.15) is 0 Å². The molecule has 0 unspecified atom stereocenters. The second-order valence-corrected chi connectivity index (χ2v) is 4.02. The second kappa shape index (κ2) is 4.79. The zero-order chi connectivity index (χ0) is 11.4.